The molecule has 0 radical (unpaired) electrons. The summed E-state index contributed by atoms with van der Waals surface area (Å²) in [5, 5.41) is 5.86. The molecule has 172 valence electrons. The Kier molecular flexibility index (Phi) is 7.84. The SMILES string of the molecule is Br.COc1cc(NS(=O)(=O)c2ccc(Nc3nc(-c4ccccc4)cs3)cc2)nc(OC)n1. The highest BCUT2D eigenvalue weighted by molar-refractivity contribution is 8.93. The van der Waals surface area contributed by atoms with Gasteiger partial charge in [-0.05, 0) is 24.3 Å². The molecule has 0 aliphatic carbocycles. The summed E-state index contributed by atoms with van der Waals surface area (Å²) in [6.07, 6.45) is 0. The Morgan fingerprint density at radius 1 is 0.909 bits per heavy atom. The van der Waals surface area contributed by atoms with Gasteiger partial charge in [-0.3, -0.25) is 4.72 Å². The monoisotopic (exact) mass is 549 g/mol. The number of rotatable bonds is 8. The number of nitrogens with zero attached hydrogens (tertiary/aromatic N) is 3. The molecule has 0 fully saturated rings. The van der Waals surface area contributed by atoms with Crippen molar-refractivity contribution in [2.75, 3.05) is 24.3 Å². The van der Waals surface area contributed by atoms with Gasteiger partial charge in [0, 0.05) is 22.7 Å². The van der Waals surface area contributed by atoms with Gasteiger partial charge in [0.25, 0.3) is 10.0 Å². The van der Waals surface area contributed by atoms with Gasteiger partial charge in [0.05, 0.1) is 24.8 Å². The number of hydrogen-bond donors (Lipinski definition) is 2. The number of methoxy groups -OCH3 is 2. The topological polar surface area (TPSA) is 115 Å². The second-order valence-electron chi connectivity index (χ2n) is 6.44. The van der Waals surface area contributed by atoms with Crippen molar-refractivity contribution in [2.45, 2.75) is 4.90 Å². The minimum Gasteiger partial charge on any atom is -0.481 e. The molecule has 2 heterocycles. The first-order valence-corrected chi connectivity index (χ1v) is 11.7. The van der Waals surface area contributed by atoms with Crippen LogP contribution in [0.1, 0.15) is 0 Å². The van der Waals surface area contributed by atoms with Gasteiger partial charge in [0.15, 0.2) is 10.9 Å². The molecule has 33 heavy (non-hydrogen) atoms. The number of anilines is 3. The average molecular weight is 550 g/mol. The van der Waals surface area contributed by atoms with Gasteiger partial charge in [-0.1, -0.05) is 30.3 Å². The van der Waals surface area contributed by atoms with E-state index in [1.165, 1.54) is 43.8 Å². The molecule has 0 atom stereocenters. The predicted octanol–water partition coefficient (Wildman–Crippen LogP) is 4.74. The minimum atomic E-state index is -3.88. The first kappa shape index (κ1) is 24.4. The molecule has 0 saturated heterocycles. The highest BCUT2D eigenvalue weighted by Gasteiger charge is 2.17. The molecule has 2 N–H and O–H groups in total. The number of benzene rings is 2. The number of halogens is 1. The van der Waals surface area contributed by atoms with Crippen LogP contribution in [-0.4, -0.2) is 37.6 Å². The number of ether oxygens (including phenoxy) is 2. The van der Waals surface area contributed by atoms with Crippen LogP contribution in [0.2, 0.25) is 0 Å². The number of aromatic nitrogens is 3. The van der Waals surface area contributed by atoms with E-state index >= 15 is 0 Å². The normalized spacial score (nSPS) is 10.7. The van der Waals surface area contributed by atoms with E-state index in [0.717, 1.165) is 11.3 Å². The van der Waals surface area contributed by atoms with Crippen molar-refractivity contribution < 1.29 is 17.9 Å². The summed E-state index contributed by atoms with van der Waals surface area (Å²) in [5.41, 5.74) is 2.61. The summed E-state index contributed by atoms with van der Waals surface area (Å²) < 4.78 is 37.9. The van der Waals surface area contributed by atoms with Crippen LogP contribution >= 0.6 is 28.3 Å². The first-order chi connectivity index (χ1) is 15.5. The maximum Gasteiger partial charge on any atom is 0.321 e. The van der Waals surface area contributed by atoms with Gasteiger partial charge >= 0.3 is 6.01 Å². The molecule has 0 aliphatic heterocycles. The van der Waals surface area contributed by atoms with Crippen molar-refractivity contribution in [3.63, 3.8) is 0 Å². The number of sulfonamides is 1. The van der Waals surface area contributed by atoms with E-state index in [2.05, 4.69) is 25.0 Å². The molecule has 0 amide bonds. The molecular formula is C21H20BrN5O4S2. The molecule has 4 aromatic rings. The van der Waals surface area contributed by atoms with Gasteiger partial charge in [-0.15, -0.1) is 28.3 Å². The molecular weight excluding hydrogens is 530 g/mol. The van der Waals surface area contributed by atoms with Gasteiger partial charge in [0.2, 0.25) is 5.88 Å². The molecule has 0 unspecified atom stereocenters. The Balaban J connectivity index is 0.00000306. The van der Waals surface area contributed by atoms with E-state index in [0.29, 0.717) is 10.8 Å². The van der Waals surface area contributed by atoms with Crippen molar-refractivity contribution in [3.8, 4) is 23.1 Å². The molecule has 0 aliphatic rings. The zero-order valence-corrected chi connectivity index (χ0v) is 20.9. The molecule has 0 bridgehead atoms. The lowest BCUT2D eigenvalue weighted by Crippen LogP contribution is -2.14. The standard InChI is InChI=1S/C21H19N5O4S2.BrH/c1-29-19-12-18(24-20(25-19)30-2)26-32(27,28)16-10-8-15(9-11-16)22-21-23-17(13-31-21)14-6-4-3-5-7-14;/h3-13H,1-2H3,(H,22,23)(H,24,25,26);1H. The first-order valence-electron chi connectivity index (χ1n) is 9.35. The van der Waals surface area contributed by atoms with Gasteiger partial charge in [-0.2, -0.15) is 9.97 Å². The molecule has 9 nitrogen and oxygen atoms in total. The quantitative estimate of drug-likeness (QED) is 0.323. The van der Waals surface area contributed by atoms with E-state index in [1.54, 1.807) is 12.1 Å². The highest BCUT2D eigenvalue weighted by Crippen LogP contribution is 2.28. The van der Waals surface area contributed by atoms with Crippen LogP contribution < -0.4 is 19.5 Å². The fraction of sp³-hybridized carbons (Fsp3) is 0.0952. The van der Waals surface area contributed by atoms with Crippen LogP contribution in [0.4, 0.5) is 16.6 Å². The van der Waals surface area contributed by atoms with Crippen LogP contribution in [-0.2, 0) is 10.0 Å². The van der Waals surface area contributed by atoms with Crippen LogP contribution in [0.25, 0.3) is 11.3 Å². The number of thiazole rings is 1. The Morgan fingerprint density at radius 3 is 2.30 bits per heavy atom. The molecule has 2 aromatic heterocycles. The van der Waals surface area contributed by atoms with Crippen LogP contribution in [0.5, 0.6) is 11.9 Å². The second-order valence-corrected chi connectivity index (χ2v) is 8.98. The second kappa shape index (κ2) is 10.6. The van der Waals surface area contributed by atoms with Gasteiger partial charge < -0.3 is 14.8 Å². The van der Waals surface area contributed by atoms with E-state index in [1.807, 2.05) is 35.7 Å². The summed E-state index contributed by atoms with van der Waals surface area (Å²) in [4.78, 5) is 12.6. The Labute approximate surface area is 205 Å². The third-order valence-corrected chi connectivity index (χ3v) is 6.43. The summed E-state index contributed by atoms with van der Waals surface area (Å²) in [6, 6.07) is 17.5. The zero-order valence-electron chi connectivity index (χ0n) is 17.6. The Morgan fingerprint density at radius 2 is 1.64 bits per heavy atom. The summed E-state index contributed by atoms with van der Waals surface area (Å²) in [7, 11) is -1.08. The van der Waals surface area contributed by atoms with Crippen molar-refractivity contribution >= 4 is 55.0 Å². The van der Waals surface area contributed by atoms with Gasteiger partial charge in [-0.25, -0.2) is 13.4 Å². The summed E-state index contributed by atoms with van der Waals surface area (Å²) in [6.45, 7) is 0. The lowest BCUT2D eigenvalue weighted by molar-refractivity contribution is 0.353. The smallest absolute Gasteiger partial charge is 0.321 e. The molecule has 0 spiro atoms. The van der Waals surface area contributed by atoms with E-state index in [-0.39, 0.29) is 39.6 Å². The van der Waals surface area contributed by atoms with Crippen LogP contribution in [0, 0.1) is 0 Å². The summed E-state index contributed by atoms with van der Waals surface area (Å²) in [5.74, 6) is 0.208. The van der Waals surface area contributed by atoms with Crippen LogP contribution in [0.3, 0.4) is 0 Å². The van der Waals surface area contributed by atoms with Gasteiger partial charge in [0.1, 0.15) is 0 Å². The van der Waals surface area contributed by atoms with Crippen molar-refractivity contribution in [3.05, 3.63) is 66.0 Å². The predicted molar refractivity (Wildman–Crippen MR) is 134 cm³/mol. The number of hydrogen-bond acceptors (Lipinski definition) is 9. The van der Waals surface area contributed by atoms with Crippen LogP contribution in [0.15, 0.2) is 70.9 Å². The summed E-state index contributed by atoms with van der Waals surface area (Å²) >= 11 is 1.47. The Hall–Kier alpha value is -3.22. The number of nitrogens with one attached hydrogen (secondary N) is 2. The third-order valence-electron chi connectivity index (χ3n) is 4.30. The fourth-order valence-corrected chi connectivity index (χ4v) is 4.49. The minimum absolute atomic E-state index is 0. The zero-order chi connectivity index (χ0) is 22.6. The maximum atomic E-state index is 12.7. The third kappa shape index (κ3) is 5.97. The van der Waals surface area contributed by atoms with Crippen molar-refractivity contribution in [1.82, 2.24) is 15.0 Å². The molecule has 12 heteroatoms. The largest absolute Gasteiger partial charge is 0.481 e. The van der Waals surface area contributed by atoms with E-state index in [4.69, 9.17) is 9.47 Å². The Bertz CT molecular complexity index is 1290. The lowest BCUT2D eigenvalue weighted by atomic mass is 10.2. The molecule has 4 rings (SSSR count). The fourth-order valence-electron chi connectivity index (χ4n) is 2.76. The van der Waals surface area contributed by atoms with E-state index in [9.17, 15) is 8.42 Å². The lowest BCUT2D eigenvalue weighted by Gasteiger charge is -2.10. The van der Waals surface area contributed by atoms with Crippen molar-refractivity contribution in [1.29, 1.82) is 0 Å². The highest BCUT2D eigenvalue weighted by atomic mass is 79.9. The van der Waals surface area contributed by atoms with E-state index < -0.39 is 10.0 Å². The average Bonchev–Trinajstić information content (AvgIpc) is 3.28. The van der Waals surface area contributed by atoms with Crippen molar-refractivity contribution in [2.24, 2.45) is 0 Å². The maximum absolute atomic E-state index is 12.7. The molecule has 2 aromatic carbocycles. The molecule has 0 saturated carbocycles.